The fraction of sp³-hybridized carbons (Fsp3) is 0.789. The molecular weight excluding hydrogens is 304 g/mol. The summed E-state index contributed by atoms with van der Waals surface area (Å²) < 4.78 is 0. The fourth-order valence-electron chi connectivity index (χ4n) is 2.76. The maximum Gasteiger partial charge on any atom is 0.248 e. The van der Waals surface area contributed by atoms with E-state index in [4.69, 9.17) is 0 Å². The molecule has 2 N–H and O–H groups in total. The van der Waals surface area contributed by atoms with Gasteiger partial charge in [0.15, 0.2) is 0 Å². The molecule has 138 valence electrons. The highest BCUT2D eigenvalue weighted by Crippen LogP contribution is 2.21. The second-order valence-electron chi connectivity index (χ2n) is 7.84. The first-order chi connectivity index (χ1) is 11.3. The molecule has 0 aromatic carbocycles. The zero-order chi connectivity index (χ0) is 18.0. The smallest absolute Gasteiger partial charge is 0.248 e. The third-order valence-electron chi connectivity index (χ3n) is 4.24. The average molecular weight is 338 g/mol. The number of aliphatic hydroxyl groups excluding tert-OH is 1. The maximum absolute atomic E-state index is 11.7. The van der Waals surface area contributed by atoms with Crippen LogP contribution in [0.1, 0.15) is 72.1 Å². The summed E-state index contributed by atoms with van der Waals surface area (Å²) in [7, 11) is 0. The van der Waals surface area contributed by atoms with Gasteiger partial charge in [-0.25, -0.2) is 0 Å². The monoisotopic (exact) mass is 338 g/mol. The molecule has 0 radical (unpaired) electrons. The number of unbranched alkanes of at least 4 members (excludes halogenated alkanes) is 4. The Balaban J connectivity index is 1.92. The largest absolute Gasteiger partial charge is 0.370 e. The third-order valence-corrected chi connectivity index (χ3v) is 4.24. The summed E-state index contributed by atoms with van der Waals surface area (Å²) in [5, 5.41) is 12.5. The first-order valence-electron chi connectivity index (χ1n) is 9.23. The highest BCUT2D eigenvalue weighted by Gasteiger charge is 2.22. The predicted octanol–water partition coefficient (Wildman–Crippen LogP) is 2.99. The lowest BCUT2D eigenvalue weighted by atomic mass is 9.90. The molecule has 1 aliphatic heterocycles. The molecule has 0 aromatic heterocycles. The van der Waals surface area contributed by atoms with Crippen molar-refractivity contribution in [3.63, 3.8) is 0 Å². The van der Waals surface area contributed by atoms with Crippen molar-refractivity contribution in [2.75, 3.05) is 13.1 Å². The predicted molar refractivity (Wildman–Crippen MR) is 96.3 cm³/mol. The molecule has 0 aromatic rings. The second-order valence-corrected chi connectivity index (χ2v) is 7.84. The maximum atomic E-state index is 11.7. The third kappa shape index (κ3) is 9.06. The normalized spacial score (nSPS) is 17.6. The van der Waals surface area contributed by atoms with E-state index in [0.717, 1.165) is 45.1 Å². The van der Waals surface area contributed by atoms with Gasteiger partial charge in [0.1, 0.15) is 6.23 Å². The van der Waals surface area contributed by atoms with Crippen LogP contribution in [0.3, 0.4) is 0 Å². The molecule has 1 unspecified atom stereocenters. The van der Waals surface area contributed by atoms with Gasteiger partial charge in [0.2, 0.25) is 11.8 Å². The number of aliphatic hydroxyl groups is 1. The van der Waals surface area contributed by atoms with E-state index in [-0.39, 0.29) is 11.8 Å². The second kappa shape index (κ2) is 10.5. The van der Waals surface area contributed by atoms with Gasteiger partial charge < -0.3 is 15.3 Å². The zero-order valence-corrected chi connectivity index (χ0v) is 15.5. The van der Waals surface area contributed by atoms with Gasteiger partial charge in [0.25, 0.3) is 0 Å². The Morgan fingerprint density at radius 2 is 1.88 bits per heavy atom. The minimum absolute atomic E-state index is 0.117. The van der Waals surface area contributed by atoms with E-state index in [1.165, 1.54) is 23.5 Å². The lowest BCUT2D eigenvalue weighted by Crippen LogP contribution is -2.34. The molecule has 0 aliphatic carbocycles. The molecule has 0 saturated heterocycles. The van der Waals surface area contributed by atoms with Gasteiger partial charge in [-0.05, 0) is 37.2 Å². The first kappa shape index (κ1) is 20.7. The van der Waals surface area contributed by atoms with Gasteiger partial charge in [0.05, 0.1) is 0 Å². The lowest BCUT2D eigenvalue weighted by Gasteiger charge is -2.20. The van der Waals surface area contributed by atoms with Crippen LogP contribution >= 0.6 is 0 Å². The van der Waals surface area contributed by atoms with E-state index in [9.17, 15) is 14.7 Å². The van der Waals surface area contributed by atoms with Crippen molar-refractivity contribution < 1.29 is 14.7 Å². The average Bonchev–Trinajstić information content (AvgIpc) is 2.80. The van der Waals surface area contributed by atoms with Crippen LogP contribution in [0.2, 0.25) is 0 Å². The van der Waals surface area contributed by atoms with E-state index in [0.29, 0.717) is 18.4 Å². The zero-order valence-electron chi connectivity index (χ0n) is 15.5. The minimum Gasteiger partial charge on any atom is -0.370 e. The number of carbonyl (C=O) groups is 2. The molecule has 24 heavy (non-hydrogen) atoms. The van der Waals surface area contributed by atoms with Crippen molar-refractivity contribution in [1.82, 2.24) is 10.2 Å². The number of nitrogens with zero attached hydrogens (tertiary/aromatic N) is 1. The highest BCUT2D eigenvalue weighted by atomic mass is 16.3. The quantitative estimate of drug-likeness (QED) is 0.569. The van der Waals surface area contributed by atoms with Gasteiger partial charge >= 0.3 is 0 Å². The van der Waals surface area contributed by atoms with Crippen LogP contribution in [-0.4, -0.2) is 41.1 Å². The molecule has 1 heterocycles. The highest BCUT2D eigenvalue weighted by molar-refractivity contribution is 5.90. The van der Waals surface area contributed by atoms with Crippen LogP contribution in [0.25, 0.3) is 0 Å². The van der Waals surface area contributed by atoms with Gasteiger partial charge in [0, 0.05) is 25.6 Å². The van der Waals surface area contributed by atoms with E-state index < -0.39 is 6.23 Å². The topological polar surface area (TPSA) is 69.6 Å². The van der Waals surface area contributed by atoms with Gasteiger partial charge in [-0.15, -0.1) is 0 Å². The van der Waals surface area contributed by atoms with Crippen molar-refractivity contribution in [3.05, 3.63) is 12.2 Å². The van der Waals surface area contributed by atoms with Crippen LogP contribution in [-0.2, 0) is 9.59 Å². The molecule has 1 aliphatic rings. The molecule has 0 fully saturated rings. The van der Waals surface area contributed by atoms with Gasteiger partial charge in [-0.3, -0.25) is 9.59 Å². The summed E-state index contributed by atoms with van der Waals surface area (Å²) in [6.45, 7) is 8.07. The van der Waals surface area contributed by atoms with E-state index >= 15 is 0 Å². The molecule has 1 atom stereocenters. The molecule has 5 heteroatoms. The molecule has 0 spiro atoms. The number of hydrogen-bond donors (Lipinski definition) is 2. The first-order valence-corrected chi connectivity index (χ1v) is 9.23. The summed E-state index contributed by atoms with van der Waals surface area (Å²) >= 11 is 0. The number of amides is 2. The van der Waals surface area contributed by atoms with Crippen molar-refractivity contribution in [1.29, 1.82) is 0 Å². The Bertz CT molecular complexity index is 427. The van der Waals surface area contributed by atoms with Crippen molar-refractivity contribution >= 4 is 11.8 Å². The van der Waals surface area contributed by atoms with Crippen LogP contribution in [0.15, 0.2) is 12.2 Å². The summed E-state index contributed by atoms with van der Waals surface area (Å²) in [6, 6.07) is 0. The van der Waals surface area contributed by atoms with Crippen LogP contribution in [0, 0.1) is 5.41 Å². The Hall–Kier alpha value is -1.36. The summed E-state index contributed by atoms with van der Waals surface area (Å²) in [4.78, 5) is 24.6. The number of hydrogen-bond acceptors (Lipinski definition) is 3. The van der Waals surface area contributed by atoms with Gasteiger partial charge in [-0.2, -0.15) is 0 Å². The SMILES string of the molecule is CC(C)(C)CCCCNC(=O)CCCCCCN1C(=O)C=CC1O. The van der Waals surface area contributed by atoms with E-state index in [2.05, 4.69) is 26.1 Å². The van der Waals surface area contributed by atoms with Crippen LogP contribution in [0.4, 0.5) is 0 Å². The Morgan fingerprint density at radius 1 is 1.17 bits per heavy atom. The van der Waals surface area contributed by atoms with Gasteiger partial charge in [-0.1, -0.05) is 40.0 Å². The summed E-state index contributed by atoms with van der Waals surface area (Å²) in [5.41, 5.74) is 0.371. The molecule has 0 bridgehead atoms. The standard InChI is InChI=1S/C19H34N2O3/c1-19(2,3)13-7-8-14-20-16(22)10-6-4-5-9-15-21-17(23)11-12-18(21)24/h11-12,17,23H,4-10,13-15H2,1-3H3,(H,20,22). The van der Waals surface area contributed by atoms with E-state index in [1.807, 2.05) is 0 Å². The number of nitrogens with one attached hydrogen (secondary N) is 1. The summed E-state index contributed by atoms with van der Waals surface area (Å²) in [6.07, 6.45) is 9.80. The molecular formula is C19H34N2O3. The van der Waals surface area contributed by atoms with Crippen molar-refractivity contribution in [3.8, 4) is 0 Å². The molecule has 2 amide bonds. The van der Waals surface area contributed by atoms with Crippen molar-refractivity contribution in [2.24, 2.45) is 5.41 Å². The molecule has 0 saturated carbocycles. The van der Waals surface area contributed by atoms with Crippen LogP contribution < -0.4 is 5.32 Å². The van der Waals surface area contributed by atoms with Crippen LogP contribution in [0.5, 0.6) is 0 Å². The fourth-order valence-corrected chi connectivity index (χ4v) is 2.76. The molecule has 5 nitrogen and oxygen atoms in total. The minimum atomic E-state index is -0.762. The lowest BCUT2D eigenvalue weighted by molar-refractivity contribution is -0.130. The Kier molecular flexibility index (Phi) is 9.04. The van der Waals surface area contributed by atoms with Crippen molar-refractivity contribution in [2.45, 2.75) is 78.4 Å². The Morgan fingerprint density at radius 3 is 2.50 bits per heavy atom. The number of rotatable bonds is 11. The summed E-state index contributed by atoms with van der Waals surface area (Å²) in [5.74, 6) is 0.0217. The molecule has 1 rings (SSSR count). The number of carbonyl (C=O) groups excluding carboxylic acids is 2. The Labute approximate surface area is 146 Å². The van der Waals surface area contributed by atoms with E-state index in [1.54, 1.807) is 0 Å².